The fourth-order valence-electron chi connectivity index (χ4n) is 3.72. The van der Waals surface area contributed by atoms with E-state index in [-0.39, 0.29) is 29.8 Å². The second-order valence-corrected chi connectivity index (χ2v) is 8.44. The highest BCUT2D eigenvalue weighted by atomic mass is 16.5. The number of hydrogen-bond donors (Lipinski definition) is 3. The first kappa shape index (κ1) is 31.6. The highest BCUT2D eigenvalue weighted by Crippen LogP contribution is 2.37. The molecule has 0 amide bonds. The zero-order valence-corrected chi connectivity index (χ0v) is 21.6. The van der Waals surface area contributed by atoms with Gasteiger partial charge in [-0.1, -0.05) is 56.3 Å². The van der Waals surface area contributed by atoms with E-state index in [2.05, 4.69) is 13.8 Å². The minimum atomic E-state index is 0.159. The summed E-state index contributed by atoms with van der Waals surface area (Å²) in [4.78, 5) is 32.5. The lowest BCUT2D eigenvalue weighted by Gasteiger charge is -2.02. The van der Waals surface area contributed by atoms with E-state index in [1.54, 1.807) is 24.3 Å². The summed E-state index contributed by atoms with van der Waals surface area (Å²) in [7, 11) is 0. The molecule has 2 heterocycles. The molecule has 9 heteroatoms. The van der Waals surface area contributed by atoms with Crippen molar-refractivity contribution in [1.29, 1.82) is 0 Å². The van der Waals surface area contributed by atoms with Crippen LogP contribution in [0.1, 0.15) is 61.8 Å². The SMILES string of the molecule is CC[C@@H]1COc2cc(O)ccc21.C[C@@H](N)c1ccccc1.C[C@@H]1COc2cc(O)ccc21.O=C=O.O=C=O. The fraction of sp³-hybridized carbons (Fsp3) is 0.310. The van der Waals surface area contributed by atoms with E-state index >= 15 is 0 Å². The first-order valence-electron chi connectivity index (χ1n) is 11.9. The molecule has 0 aromatic heterocycles. The Morgan fingerprint density at radius 1 is 0.842 bits per heavy atom. The van der Waals surface area contributed by atoms with Crippen LogP contribution in [0, 0.1) is 0 Å². The van der Waals surface area contributed by atoms with Crippen LogP contribution in [0.15, 0.2) is 66.7 Å². The van der Waals surface area contributed by atoms with E-state index < -0.39 is 0 Å². The second-order valence-electron chi connectivity index (χ2n) is 8.44. The Bertz CT molecular complexity index is 1170. The molecular formula is C29H33NO8. The Kier molecular flexibility index (Phi) is 14.2. The van der Waals surface area contributed by atoms with Gasteiger partial charge in [-0.15, -0.1) is 0 Å². The van der Waals surface area contributed by atoms with Crippen LogP contribution in [0.3, 0.4) is 0 Å². The Morgan fingerprint density at radius 3 is 1.79 bits per heavy atom. The summed E-state index contributed by atoms with van der Waals surface area (Å²) in [6.07, 6.45) is 1.60. The highest BCUT2D eigenvalue weighted by molar-refractivity contribution is 5.45. The molecule has 0 bridgehead atoms. The van der Waals surface area contributed by atoms with Gasteiger partial charge in [-0.05, 0) is 31.0 Å². The fourth-order valence-corrected chi connectivity index (χ4v) is 3.72. The zero-order valence-electron chi connectivity index (χ0n) is 21.6. The number of hydrogen-bond acceptors (Lipinski definition) is 9. The summed E-state index contributed by atoms with van der Waals surface area (Å²) in [5.74, 6) is 3.22. The van der Waals surface area contributed by atoms with Crippen molar-refractivity contribution in [2.24, 2.45) is 5.73 Å². The van der Waals surface area contributed by atoms with Gasteiger partial charge in [0.15, 0.2) is 0 Å². The molecule has 2 aliphatic rings. The number of fused-ring (bicyclic) bond motifs is 2. The van der Waals surface area contributed by atoms with Crippen LogP contribution in [-0.4, -0.2) is 35.7 Å². The van der Waals surface area contributed by atoms with Gasteiger partial charge in [0, 0.05) is 41.1 Å². The molecule has 3 aromatic carbocycles. The zero-order chi connectivity index (χ0) is 28.5. The summed E-state index contributed by atoms with van der Waals surface area (Å²) in [6, 6.07) is 20.8. The number of phenols is 2. The number of phenolic OH excluding ortho intramolecular Hbond substituents is 2. The molecule has 9 nitrogen and oxygen atoms in total. The topological polar surface area (TPSA) is 153 Å². The third-order valence-electron chi connectivity index (χ3n) is 5.71. The van der Waals surface area contributed by atoms with Gasteiger partial charge in [-0.2, -0.15) is 19.2 Å². The minimum absolute atomic E-state index is 0.159. The van der Waals surface area contributed by atoms with E-state index in [4.69, 9.17) is 39.5 Å². The van der Waals surface area contributed by atoms with Crippen molar-refractivity contribution in [3.8, 4) is 23.0 Å². The van der Waals surface area contributed by atoms with Gasteiger partial charge in [-0.3, -0.25) is 0 Å². The van der Waals surface area contributed by atoms with Gasteiger partial charge >= 0.3 is 12.3 Å². The van der Waals surface area contributed by atoms with Crippen LogP contribution in [0.2, 0.25) is 0 Å². The number of carbonyl (C=O) groups excluding carboxylic acids is 4. The summed E-state index contributed by atoms with van der Waals surface area (Å²) in [5, 5.41) is 18.3. The molecule has 4 N–H and O–H groups in total. The molecular weight excluding hydrogens is 490 g/mol. The minimum Gasteiger partial charge on any atom is -0.508 e. The molecule has 0 spiro atoms. The quantitative estimate of drug-likeness (QED) is 0.433. The molecule has 0 saturated heterocycles. The lowest BCUT2D eigenvalue weighted by molar-refractivity contribution is -0.193. The van der Waals surface area contributed by atoms with Crippen LogP contribution in [0.5, 0.6) is 23.0 Å². The molecule has 0 saturated carbocycles. The van der Waals surface area contributed by atoms with E-state index in [0.29, 0.717) is 11.8 Å². The third-order valence-corrected chi connectivity index (χ3v) is 5.71. The monoisotopic (exact) mass is 523 g/mol. The summed E-state index contributed by atoms with van der Waals surface area (Å²) in [6.45, 7) is 7.74. The third kappa shape index (κ3) is 10.3. The number of benzene rings is 3. The van der Waals surface area contributed by atoms with E-state index in [9.17, 15) is 5.11 Å². The van der Waals surface area contributed by atoms with Gasteiger partial charge in [-0.25, -0.2) is 0 Å². The van der Waals surface area contributed by atoms with Crippen LogP contribution in [-0.2, 0) is 19.2 Å². The highest BCUT2D eigenvalue weighted by Gasteiger charge is 2.22. The van der Waals surface area contributed by atoms with Crippen molar-refractivity contribution in [3.05, 3.63) is 83.4 Å². The van der Waals surface area contributed by atoms with Crippen LogP contribution in [0.4, 0.5) is 0 Å². The molecule has 5 rings (SSSR count). The standard InChI is InChI=1S/C10H12O2.C9H10O2.C8H11N.2CO2/c1-2-7-6-12-10-5-8(11)3-4-9(7)10;1-6-5-11-9-4-7(10)2-3-8(6)9;1-7(9)8-5-3-2-4-6-8;2*2-1-3/h3-5,7,11H,2,6H2,1H3;2-4,6,10H,5H2,1H3;2-7H,9H2,1H3;;/t7-;6-;7-;;/m111../s1. The maximum atomic E-state index is 9.18. The van der Waals surface area contributed by atoms with E-state index in [0.717, 1.165) is 31.1 Å². The van der Waals surface area contributed by atoms with Crippen molar-refractivity contribution >= 4 is 12.3 Å². The van der Waals surface area contributed by atoms with Gasteiger partial charge in [0.2, 0.25) is 0 Å². The number of aromatic hydroxyl groups is 2. The van der Waals surface area contributed by atoms with Crippen molar-refractivity contribution in [2.75, 3.05) is 13.2 Å². The van der Waals surface area contributed by atoms with E-state index in [1.807, 2.05) is 49.4 Å². The predicted octanol–water partition coefficient (Wildman–Crippen LogP) is 4.71. The average Bonchev–Trinajstić information content (AvgIpc) is 3.48. The molecule has 3 atom stereocenters. The Hall–Kier alpha value is -4.42. The molecule has 202 valence electrons. The Morgan fingerprint density at radius 2 is 1.32 bits per heavy atom. The molecule has 0 radical (unpaired) electrons. The second kappa shape index (κ2) is 17.1. The van der Waals surface area contributed by atoms with Crippen LogP contribution in [0.25, 0.3) is 0 Å². The van der Waals surface area contributed by atoms with E-state index in [1.165, 1.54) is 16.7 Å². The number of nitrogens with two attached hydrogens (primary N) is 1. The van der Waals surface area contributed by atoms with Gasteiger partial charge in [0.25, 0.3) is 0 Å². The maximum absolute atomic E-state index is 9.18. The molecule has 2 aliphatic heterocycles. The van der Waals surface area contributed by atoms with Gasteiger partial charge in [0.05, 0.1) is 13.2 Å². The van der Waals surface area contributed by atoms with Crippen molar-refractivity contribution < 1.29 is 38.9 Å². The molecule has 0 unspecified atom stereocenters. The maximum Gasteiger partial charge on any atom is 0.373 e. The lowest BCUT2D eigenvalue weighted by Crippen LogP contribution is -2.03. The molecule has 3 aromatic rings. The van der Waals surface area contributed by atoms with Crippen LogP contribution >= 0.6 is 0 Å². The van der Waals surface area contributed by atoms with Crippen molar-refractivity contribution in [1.82, 2.24) is 0 Å². The molecule has 38 heavy (non-hydrogen) atoms. The Labute approximate surface area is 221 Å². The summed E-state index contributed by atoms with van der Waals surface area (Å²) in [5.41, 5.74) is 9.23. The predicted molar refractivity (Wildman–Crippen MR) is 138 cm³/mol. The number of ether oxygens (including phenoxy) is 2. The van der Waals surface area contributed by atoms with Gasteiger partial charge < -0.3 is 25.4 Å². The van der Waals surface area contributed by atoms with Crippen molar-refractivity contribution in [3.63, 3.8) is 0 Å². The molecule has 0 aliphatic carbocycles. The van der Waals surface area contributed by atoms with Crippen LogP contribution < -0.4 is 15.2 Å². The average molecular weight is 524 g/mol. The van der Waals surface area contributed by atoms with Crippen molar-refractivity contribution in [2.45, 2.75) is 45.1 Å². The summed E-state index contributed by atoms with van der Waals surface area (Å²) < 4.78 is 10.8. The smallest absolute Gasteiger partial charge is 0.373 e. The largest absolute Gasteiger partial charge is 0.508 e. The normalized spacial score (nSPS) is 16.0. The molecule has 0 fully saturated rings. The van der Waals surface area contributed by atoms with Gasteiger partial charge in [0.1, 0.15) is 23.0 Å². The number of rotatable bonds is 2. The lowest BCUT2D eigenvalue weighted by atomic mass is 9.99. The first-order valence-corrected chi connectivity index (χ1v) is 11.9. The first-order chi connectivity index (χ1) is 18.2. The summed E-state index contributed by atoms with van der Waals surface area (Å²) >= 11 is 0. The Balaban J connectivity index is 0.000000260.